The molecule has 2 aromatic rings. The first-order chi connectivity index (χ1) is 10.5. The number of nitrogens with one attached hydrogen (secondary N) is 2. The maximum Gasteiger partial charge on any atom is 0.258 e. The van der Waals surface area contributed by atoms with Crippen molar-refractivity contribution in [2.24, 2.45) is 0 Å². The molecule has 116 valence electrons. The Morgan fingerprint density at radius 1 is 1.14 bits per heavy atom. The maximum atomic E-state index is 13.5. The Balaban J connectivity index is 2.11. The number of carbonyl (C=O) groups is 1. The Morgan fingerprint density at radius 3 is 2.45 bits per heavy atom. The van der Waals surface area contributed by atoms with E-state index in [1.54, 1.807) is 0 Å². The minimum Gasteiger partial charge on any atom is -0.354 e. The summed E-state index contributed by atoms with van der Waals surface area (Å²) in [7, 11) is 0. The number of hydrogen-bond acceptors (Lipinski definition) is 4. The highest BCUT2D eigenvalue weighted by Crippen LogP contribution is 2.20. The third-order valence-corrected chi connectivity index (χ3v) is 2.73. The minimum absolute atomic E-state index is 0.0613. The van der Waals surface area contributed by atoms with Crippen LogP contribution in [-0.2, 0) is 0 Å². The second kappa shape index (κ2) is 6.88. The molecule has 2 N–H and O–H groups in total. The summed E-state index contributed by atoms with van der Waals surface area (Å²) in [6.07, 6.45) is 3.39. The van der Waals surface area contributed by atoms with Crippen molar-refractivity contribution in [1.29, 1.82) is 0 Å². The number of amides is 1. The van der Waals surface area contributed by atoms with E-state index in [0.29, 0.717) is 12.5 Å². The average Bonchev–Trinajstić information content (AvgIpc) is 2.54. The van der Waals surface area contributed by atoms with E-state index in [1.807, 2.05) is 6.92 Å². The molecule has 0 unspecified atom stereocenters. The van der Waals surface area contributed by atoms with Crippen LogP contribution in [-0.4, -0.2) is 22.4 Å². The first-order valence-corrected chi connectivity index (χ1v) is 6.53. The van der Waals surface area contributed by atoms with Crippen LogP contribution >= 0.6 is 0 Å². The summed E-state index contributed by atoms with van der Waals surface area (Å²) in [5, 5.41) is 5.06. The fourth-order valence-corrected chi connectivity index (χ4v) is 1.59. The van der Waals surface area contributed by atoms with Crippen molar-refractivity contribution in [3.63, 3.8) is 0 Å². The predicted molar refractivity (Wildman–Crippen MR) is 75.1 cm³/mol. The van der Waals surface area contributed by atoms with Gasteiger partial charge in [-0.3, -0.25) is 4.79 Å². The van der Waals surface area contributed by atoms with Crippen molar-refractivity contribution >= 4 is 17.5 Å². The van der Waals surface area contributed by atoms with Crippen LogP contribution in [0.15, 0.2) is 24.5 Å². The van der Waals surface area contributed by atoms with E-state index in [-0.39, 0.29) is 5.56 Å². The standard InChI is InChI=1S/C14H13F3N4O/c1-2-5-18-14-19-6-8(7-20-14)13(22)21-10-4-3-9(15)11(16)12(10)17/h3-4,6-7H,2,5H2,1H3,(H,21,22)(H,18,19,20). The molecule has 0 spiro atoms. The number of aromatic nitrogens is 2. The molecule has 0 saturated heterocycles. The van der Waals surface area contributed by atoms with Gasteiger partial charge in [0.15, 0.2) is 17.5 Å². The van der Waals surface area contributed by atoms with E-state index in [9.17, 15) is 18.0 Å². The molecule has 5 nitrogen and oxygen atoms in total. The van der Waals surface area contributed by atoms with Gasteiger partial charge in [-0.2, -0.15) is 0 Å². The van der Waals surface area contributed by atoms with Gasteiger partial charge in [-0.25, -0.2) is 23.1 Å². The zero-order chi connectivity index (χ0) is 16.1. The molecule has 2 rings (SSSR count). The Hall–Kier alpha value is -2.64. The van der Waals surface area contributed by atoms with Crippen LogP contribution in [0.4, 0.5) is 24.8 Å². The zero-order valence-corrected chi connectivity index (χ0v) is 11.7. The number of anilines is 2. The predicted octanol–water partition coefficient (Wildman–Crippen LogP) is 2.97. The van der Waals surface area contributed by atoms with E-state index in [4.69, 9.17) is 0 Å². The highest BCUT2D eigenvalue weighted by molar-refractivity contribution is 6.03. The normalized spacial score (nSPS) is 10.4. The van der Waals surface area contributed by atoms with E-state index >= 15 is 0 Å². The maximum absolute atomic E-state index is 13.5. The van der Waals surface area contributed by atoms with Gasteiger partial charge in [0.1, 0.15) is 0 Å². The molecule has 0 bridgehead atoms. The third kappa shape index (κ3) is 3.51. The molecule has 1 heterocycles. The molecule has 0 aliphatic rings. The molecule has 0 aliphatic heterocycles. The van der Waals surface area contributed by atoms with Gasteiger partial charge in [0, 0.05) is 18.9 Å². The topological polar surface area (TPSA) is 66.9 Å². The van der Waals surface area contributed by atoms with Crippen LogP contribution in [0.1, 0.15) is 23.7 Å². The van der Waals surface area contributed by atoms with Gasteiger partial charge >= 0.3 is 0 Å². The summed E-state index contributed by atoms with van der Waals surface area (Å²) in [5.74, 6) is -4.81. The van der Waals surface area contributed by atoms with Gasteiger partial charge < -0.3 is 10.6 Å². The second-order valence-electron chi connectivity index (χ2n) is 4.40. The van der Waals surface area contributed by atoms with Crippen LogP contribution in [0.5, 0.6) is 0 Å². The molecule has 8 heteroatoms. The van der Waals surface area contributed by atoms with Crippen LogP contribution in [0.25, 0.3) is 0 Å². The fourth-order valence-electron chi connectivity index (χ4n) is 1.59. The lowest BCUT2D eigenvalue weighted by atomic mass is 10.2. The zero-order valence-electron chi connectivity index (χ0n) is 11.7. The van der Waals surface area contributed by atoms with Crippen LogP contribution in [0.2, 0.25) is 0 Å². The molecule has 0 fully saturated rings. The monoisotopic (exact) mass is 310 g/mol. The molecular weight excluding hydrogens is 297 g/mol. The number of benzene rings is 1. The number of rotatable bonds is 5. The summed E-state index contributed by atoms with van der Waals surface area (Å²) in [5.41, 5.74) is -0.400. The van der Waals surface area contributed by atoms with Crippen LogP contribution in [0.3, 0.4) is 0 Å². The van der Waals surface area contributed by atoms with E-state index in [1.165, 1.54) is 12.4 Å². The van der Waals surface area contributed by atoms with Crippen molar-refractivity contribution in [2.75, 3.05) is 17.2 Å². The van der Waals surface area contributed by atoms with E-state index in [2.05, 4.69) is 20.6 Å². The van der Waals surface area contributed by atoms with Crippen LogP contribution in [0, 0.1) is 17.5 Å². The first-order valence-electron chi connectivity index (χ1n) is 6.53. The molecule has 1 aromatic carbocycles. The second-order valence-corrected chi connectivity index (χ2v) is 4.40. The number of carbonyl (C=O) groups excluding carboxylic acids is 1. The average molecular weight is 310 g/mol. The molecule has 0 saturated carbocycles. The van der Waals surface area contributed by atoms with Gasteiger partial charge in [-0.15, -0.1) is 0 Å². The quantitative estimate of drug-likeness (QED) is 0.833. The van der Waals surface area contributed by atoms with Crippen molar-refractivity contribution in [2.45, 2.75) is 13.3 Å². The smallest absolute Gasteiger partial charge is 0.258 e. The third-order valence-electron chi connectivity index (χ3n) is 2.73. The van der Waals surface area contributed by atoms with Gasteiger partial charge in [0.25, 0.3) is 5.91 Å². The van der Waals surface area contributed by atoms with Gasteiger partial charge in [-0.05, 0) is 18.6 Å². The Bertz CT molecular complexity index is 677. The molecule has 1 amide bonds. The molecule has 22 heavy (non-hydrogen) atoms. The first kappa shape index (κ1) is 15.7. The van der Waals surface area contributed by atoms with Gasteiger partial charge in [0.2, 0.25) is 5.95 Å². The molecule has 0 aliphatic carbocycles. The van der Waals surface area contributed by atoms with Crippen molar-refractivity contribution < 1.29 is 18.0 Å². The van der Waals surface area contributed by atoms with E-state index in [0.717, 1.165) is 18.6 Å². The SMILES string of the molecule is CCCNc1ncc(C(=O)Nc2ccc(F)c(F)c2F)cn1. The van der Waals surface area contributed by atoms with Crippen molar-refractivity contribution in [1.82, 2.24) is 9.97 Å². The molecule has 0 atom stereocenters. The number of hydrogen-bond donors (Lipinski definition) is 2. The van der Waals surface area contributed by atoms with Gasteiger partial charge in [0.05, 0.1) is 11.3 Å². The summed E-state index contributed by atoms with van der Waals surface area (Å²) in [4.78, 5) is 19.7. The largest absolute Gasteiger partial charge is 0.354 e. The minimum atomic E-state index is -1.65. The highest BCUT2D eigenvalue weighted by Gasteiger charge is 2.16. The lowest BCUT2D eigenvalue weighted by molar-refractivity contribution is 0.102. The number of halogens is 3. The van der Waals surface area contributed by atoms with E-state index < -0.39 is 29.0 Å². The van der Waals surface area contributed by atoms with Crippen molar-refractivity contribution in [3.8, 4) is 0 Å². The fraction of sp³-hybridized carbons (Fsp3) is 0.214. The van der Waals surface area contributed by atoms with Gasteiger partial charge in [-0.1, -0.05) is 6.92 Å². The lowest BCUT2D eigenvalue weighted by Crippen LogP contribution is -2.15. The Morgan fingerprint density at radius 2 is 1.82 bits per heavy atom. The summed E-state index contributed by atoms with van der Waals surface area (Å²) in [6.45, 7) is 2.66. The summed E-state index contributed by atoms with van der Waals surface area (Å²) in [6, 6.07) is 1.66. The molecular formula is C14H13F3N4O. The highest BCUT2D eigenvalue weighted by atomic mass is 19.2. The molecule has 0 radical (unpaired) electrons. The van der Waals surface area contributed by atoms with Crippen LogP contribution < -0.4 is 10.6 Å². The summed E-state index contributed by atoms with van der Waals surface area (Å²) >= 11 is 0. The number of nitrogens with zero attached hydrogens (tertiary/aromatic N) is 2. The summed E-state index contributed by atoms with van der Waals surface area (Å²) < 4.78 is 39.4. The molecule has 1 aromatic heterocycles. The Labute approximate surface area is 124 Å². The van der Waals surface area contributed by atoms with Crippen molar-refractivity contribution in [3.05, 3.63) is 47.5 Å². The Kier molecular flexibility index (Phi) is 4.92. The lowest BCUT2D eigenvalue weighted by Gasteiger charge is -2.07.